The third-order valence-electron chi connectivity index (χ3n) is 6.37. The molecule has 0 unspecified atom stereocenters. The molecular formula is C27H29FN4O3S. The van der Waals surface area contributed by atoms with Crippen LogP contribution in [0.25, 0.3) is 0 Å². The van der Waals surface area contributed by atoms with Gasteiger partial charge in [-0.25, -0.2) is 9.07 Å². The van der Waals surface area contributed by atoms with Gasteiger partial charge in [-0.05, 0) is 54.2 Å². The maximum absolute atomic E-state index is 13.6. The molecule has 2 aliphatic rings. The van der Waals surface area contributed by atoms with Crippen molar-refractivity contribution in [1.82, 2.24) is 14.8 Å². The number of hydrogen-bond donors (Lipinski definition) is 1. The van der Waals surface area contributed by atoms with E-state index >= 15 is 0 Å². The van der Waals surface area contributed by atoms with Crippen molar-refractivity contribution in [3.63, 3.8) is 0 Å². The molecule has 1 atom stereocenters. The summed E-state index contributed by atoms with van der Waals surface area (Å²) in [7, 11) is 1.60. The van der Waals surface area contributed by atoms with Crippen LogP contribution < -0.4 is 14.8 Å². The SMILES string of the molecule is CCOc1ccc([C@@H]2C3=C(CC(C)(C)CC3=O)Nc3nc(SCc4cccc(F)c4)nn32)cc1OC. The van der Waals surface area contributed by atoms with Crippen molar-refractivity contribution < 1.29 is 18.7 Å². The van der Waals surface area contributed by atoms with Gasteiger partial charge in [0.2, 0.25) is 11.1 Å². The number of hydrogen-bond acceptors (Lipinski definition) is 7. The van der Waals surface area contributed by atoms with E-state index in [1.54, 1.807) is 17.9 Å². The molecule has 0 saturated heterocycles. The lowest BCUT2D eigenvalue weighted by Gasteiger charge is -2.38. The lowest BCUT2D eigenvalue weighted by molar-refractivity contribution is -0.118. The average molecular weight is 509 g/mol. The van der Waals surface area contributed by atoms with Crippen LogP contribution in [0.2, 0.25) is 0 Å². The highest BCUT2D eigenvalue weighted by Gasteiger charge is 2.42. The fourth-order valence-corrected chi connectivity index (χ4v) is 5.63. The van der Waals surface area contributed by atoms with Gasteiger partial charge in [0.1, 0.15) is 11.9 Å². The number of carbonyl (C=O) groups is 1. The largest absolute Gasteiger partial charge is 0.493 e. The minimum absolute atomic E-state index is 0.0988. The molecule has 0 saturated carbocycles. The lowest BCUT2D eigenvalue weighted by atomic mass is 9.73. The Kier molecular flexibility index (Phi) is 6.51. The Morgan fingerprint density at radius 2 is 2.03 bits per heavy atom. The van der Waals surface area contributed by atoms with Crippen molar-refractivity contribution in [2.24, 2.45) is 5.41 Å². The number of benzene rings is 2. The summed E-state index contributed by atoms with van der Waals surface area (Å²) in [4.78, 5) is 18.2. The van der Waals surface area contributed by atoms with Gasteiger partial charge in [-0.3, -0.25) is 4.79 Å². The second-order valence-corrected chi connectivity index (χ2v) is 10.7. The molecule has 5 rings (SSSR count). The Labute approximate surface area is 214 Å². The number of Topliss-reactive ketones (excluding diaryl/α,β-unsaturated/α-hetero) is 1. The number of methoxy groups -OCH3 is 1. The summed E-state index contributed by atoms with van der Waals surface area (Å²) in [5, 5.41) is 8.72. The summed E-state index contributed by atoms with van der Waals surface area (Å²) < 4.78 is 26.7. The van der Waals surface area contributed by atoms with Crippen LogP contribution >= 0.6 is 11.8 Å². The molecule has 36 heavy (non-hydrogen) atoms. The fraction of sp³-hybridized carbons (Fsp3) is 0.370. The zero-order chi connectivity index (χ0) is 25.4. The number of carbonyl (C=O) groups excluding carboxylic acids is 1. The van der Waals surface area contributed by atoms with Crippen molar-refractivity contribution in [2.75, 3.05) is 19.0 Å². The van der Waals surface area contributed by atoms with Crippen molar-refractivity contribution in [3.8, 4) is 11.5 Å². The number of nitrogens with one attached hydrogen (secondary N) is 1. The van der Waals surface area contributed by atoms with E-state index in [9.17, 15) is 9.18 Å². The molecule has 0 spiro atoms. The Bertz CT molecular complexity index is 1350. The van der Waals surface area contributed by atoms with E-state index in [4.69, 9.17) is 19.6 Å². The quantitative estimate of drug-likeness (QED) is 0.406. The number of ether oxygens (including phenoxy) is 2. The second kappa shape index (κ2) is 9.61. The summed E-state index contributed by atoms with van der Waals surface area (Å²) in [6.45, 7) is 6.64. The third kappa shape index (κ3) is 4.72. The van der Waals surface area contributed by atoms with Crippen LogP contribution in [-0.2, 0) is 10.5 Å². The predicted octanol–water partition coefficient (Wildman–Crippen LogP) is 5.77. The van der Waals surface area contributed by atoms with Crippen LogP contribution in [0.4, 0.5) is 10.3 Å². The molecule has 7 nitrogen and oxygen atoms in total. The van der Waals surface area contributed by atoms with Crippen molar-refractivity contribution in [1.29, 1.82) is 0 Å². The second-order valence-electron chi connectivity index (χ2n) is 9.79. The van der Waals surface area contributed by atoms with Crippen molar-refractivity contribution in [2.45, 2.75) is 50.6 Å². The first kappa shape index (κ1) is 24.4. The minimum atomic E-state index is -0.444. The molecule has 1 aliphatic heterocycles. The Hall–Kier alpha value is -3.33. The molecule has 0 radical (unpaired) electrons. The molecule has 2 heterocycles. The van der Waals surface area contributed by atoms with Gasteiger partial charge in [-0.15, -0.1) is 5.10 Å². The topological polar surface area (TPSA) is 78.3 Å². The number of anilines is 1. The van der Waals surface area contributed by atoms with E-state index in [0.29, 0.717) is 47.0 Å². The predicted molar refractivity (Wildman–Crippen MR) is 137 cm³/mol. The molecule has 188 valence electrons. The molecule has 0 fully saturated rings. The van der Waals surface area contributed by atoms with E-state index in [2.05, 4.69) is 19.2 Å². The zero-order valence-electron chi connectivity index (χ0n) is 20.8. The zero-order valence-corrected chi connectivity index (χ0v) is 21.6. The standard InChI is InChI=1S/C27H29FN4O3S/c1-5-35-21-10-9-17(12-22(21)34-4)24-23-19(13-27(2,3)14-20(23)33)29-25-30-26(31-32(24)25)36-15-16-7-6-8-18(28)11-16/h6-12,24H,5,13-15H2,1-4H3,(H,29,30,31)/t24-/m1/s1. The summed E-state index contributed by atoms with van der Waals surface area (Å²) in [5.74, 6) is 2.19. The Morgan fingerprint density at radius 3 is 2.78 bits per heavy atom. The minimum Gasteiger partial charge on any atom is -0.493 e. The molecule has 9 heteroatoms. The number of nitrogens with zero attached hydrogens (tertiary/aromatic N) is 3. The van der Waals surface area contributed by atoms with E-state index < -0.39 is 6.04 Å². The number of allylic oxidation sites excluding steroid dienone is 2. The van der Waals surface area contributed by atoms with Gasteiger partial charge in [0.05, 0.1) is 13.7 Å². The monoisotopic (exact) mass is 508 g/mol. The van der Waals surface area contributed by atoms with Gasteiger partial charge >= 0.3 is 0 Å². The van der Waals surface area contributed by atoms with Crippen LogP contribution in [0.5, 0.6) is 11.5 Å². The number of thioether (sulfide) groups is 1. The summed E-state index contributed by atoms with van der Waals surface area (Å²) in [5.41, 5.74) is 3.16. The van der Waals surface area contributed by atoms with Crippen molar-refractivity contribution in [3.05, 3.63) is 70.7 Å². The summed E-state index contributed by atoms with van der Waals surface area (Å²) >= 11 is 1.43. The van der Waals surface area contributed by atoms with Crippen LogP contribution in [0.3, 0.4) is 0 Å². The Balaban J connectivity index is 1.55. The van der Waals surface area contributed by atoms with Gasteiger partial charge in [0.25, 0.3) is 0 Å². The molecule has 0 bridgehead atoms. The van der Waals surface area contributed by atoms with Gasteiger partial charge in [0, 0.05) is 23.4 Å². The third-order valence-corrected chi connectivity index (χ3v) is 7.28. The van der Waals surface area contributed by atoms with Crippen LogP contribution in [0.1, 0.15) is 50.8 Å². The maximum Gasteiger partial charge on any atom is 0.227 e. The molecule has 1 aromatic heterocycles. The highest BCUT2D eigenvalue weighted by atomic mass is 32.2. The molecule has 0 amide bonds. The van der Waals surface area contributed by atoms with E-state index in [1.807, 2.05) is 31.2 Å². The number of halogens is 1. The van der Waals surface area contributed by atoms with Crippen LogP contribution in [0.15, 0.2) is 58.9 Å². The maximum atomic E-state index is 13.6. The molecule has 3 aromatic rings. The fourth-order valence-electron chi connectivity index (χ4n) is 4.86. The highest BCUT2D eigenvalue weighted by Crippen LogP contribution is 2.46. The molecule has 1 N–H and O–H groups in total. The van der Waals surface area contributed by atoms with Gasteiger partial charge in [0.15, 0.2) is 17.3 Å². The van der Waals surface area contributed by atoms with Crippen molar-refractivity contribution >= 4 is 23.5 Å². The average Bonchev–Trinajstić information content (AvgIpc) is 3.23. The van der Waals surface area contributed by atoms with E-state index in [0.717, 1.165) is 23.2 Å². The Morgan fingerprint density at radius 1 is 1.19 bits per heavy atom. The van der Waals surface area contributed by atoms with Gasteiger partial charge in [-0.1, -0.05) is 43.8 Å². The molecule has 1 aliphatic carbocycles. The number of fused-ring (bicyclic) bond motifs is 1. The highest BCUT2D eigenvalue weighted by molar-refractivity contribution is 7.98. The summed E-state index contributed by atoms with van der Waals surface area (Å²) in [6.07, 6.45) is 1.20. The van der Waals surface area contributed by atoms with Crippen LogP contribution in [0, 0.1) is 11.2 Å². The van der Waals surface area contributed by atoms with Gasteiger partial charge < -0.3 is 14.8 Å². The first-order valence-corrected chi connectivity index (χ1v) is 12.9. The first-order chi connectivity index (χ1) is 17.3. The summed E-state index contributed by atoms with van der Waals surface area (Å²) in [6, 6.07) is 11.8. The lowest BCUT2D eigenvalue weighted by Crippen LogP contribution is -2.36. The van der Waals surface area contributed by atoms with Crippen LogP contribution in [-0.4, -0.2) is 34.3 Å². The number of rotatable bonds is 7. The van der Waals surface area contributed by atoms with Gasteiger partial charge in [-0.2, -0.15) is 4.98 Å². The molecule has 2 aromatic carbocycles. The van der Waals surface area contributed by atoms with E-state index in [-0.39, 0.29) is 17.0 Å². The number of aromatic nitrogens is 3. The van der Waals surface area contributed by atoms with E-state index in [1.165, 1.54) is 23.9 Å². The number of ketones is 1. The normalized spacial score (nSPS) is 18.4. The smallest absolute Gasteiger partial charge is 0.227 e. The molecular weight excluding hydrogens is 479 g/mol. The first-order valence-electron chi connectivity index (χ1n) is 12.0.